The zero-order valence-electron chi connectivity index (χ0n) is 9.64. The summed E-state index contributed by atoms with van der Waals surface area (Å²) in [5.74, 6) is -0.179. The molecule has 5 nitrogen and oxygen atoms in total. The number of hydrogen-bond acceptors (Lipinski definition) is 3. The zero-order valence-corrected chi connectivity index (χ0v) is 9.64. The molecule has 0 saturated heterocycles. The Morgan fingerprint density at radius 1 is 1.69 bits per heavy atom. The van der Waals surface area contributed by atoms with Crippen LogP contribution >= 0.6 is 0 Å². The lowest BCUT2D eigenvalue weighted by Gasteiger charge is -2.11. The minimum absolute atomic E-state index is 0.179. The summed E-state index contributed by atoms with van der Waals surface area (Å²) in [4.78, 5) is 11.7. The van der Waals surface area contributed by atoms with Crippen molar-refractivity contribution in [2.75, 3.05) is 20.3 Å². The van der Waals surface area contributed by atoms with E-state index in [0.717, 1.165) is 6.54 Å². The second-order valence-electron chi connectivity index (χ2n) is 3.50. The summed E-state index contributed by atoms with van der Waals surface area (Å²) in [5, 5.41) is 12.0. The number of aryl methyl sites for hydroxylation is 1. The van der Waals surface area contributed by atoms with Gasteiger partial charge in [-0.25, -0.2) is 0 Å². The van der Waals surface area contributed by atoms with Gasteiger partial charge in [-0.15, -0.1) is 0 Å². The minimum Gasteiger partial charge on any atom is -0.389 e. The number of rotatable bonds is 6. The van der Waals surface area contributed by atoms with Gasteiger partial charge in [-0.2, -0.15) is 0 Å². The highest BCUT2D eigenvalue weighted by molar-refractivity contribution is 5.92. The summed E-state index contributed by atoms with van der Waals surface area (Å²) < 4.78 is 6.61. The molecule has 0 aliphatic rings. The summed E-state index contributed by atoms with van der Waals surface area (Å²) in [7, 11) is 1.51. The predicted octanol–water partition coefficient (Wildman–Crippen LogP) is 0.245. The van der Waals surface area contributed by atoms with Crippen LogP contribution in [-0.4, -0.2) is 41.9 Å². The van der Waals surface area contributed by atoms with E-state index in [1.165, 1.54) is 7.11 Å². The van der Waals surface area contributed by atoms with Crippen LogP contribution in [0.3, 0.4) is 0 Å². The maximum atomic E-state index is 11.7. The van der Waals surface area contributed by atoms with Gasteiger partial charge in [-0.1, -0.05) is 0 Å². The molecule has 0 aliphatic heterocycles. The maximum absolute atomic E-state index is 11.7. The molecule has 2 N–H and O–H groups in total. The summed E-state index contributed by atoms with van der Waals surface area (Å²) >= 11 is 0. The highest BCUT2D eigenvalue weighted by Gasteiger charge is 2.11. The highest BCUT2D eigenvalue weighted by Crippen LogP contribution is 2.01. The molecule has 16 heavy (non-hydrogen) atoms. The Hall–Kier alpha value is -1.33. The highest BCUT2D eigenvalue weighted by atomic mass is 16.5. The van der Waals surface area contributed by atoms with Crippen molar-refractivity contribution >= 4 is 5.91 Å². The standard InChI is InChI=1S/C11H18N2O3/c1-3-13-6-4-5-10(13)11(15)12-7-9(14)8-16-2/h4-6,9,14H,3,7-8H2,1-2H3,(H,12,15). The second-order valence-corrected chi connectivity index (χ2v) is 3.50. The summed E-state index contributed by atoms with van der Waals surface area (Å²) in [6.07, 6.45) is 1.18. The van der Waals surface area contributed by atoms with Crippen LogP contribution < -0.4 is 5.32 Å². The fourth-order valence-corrected chi connectivity index (χ4v) is 1.45. The number of amides is 1. The molecule has 0 bridgehead atoms. The first-order valence-corrected chi connectivity index (χ1v) is 5.29. The summed E-state index contributed by atoms with van der Waals surface area (Å²) in [6.45, 7) is 3.13. The monoisotopic (exact) mass is 226 g/mol. The number of nitrogens with one attached hydrogen (secondary N) is 1. The molecule has 0 fully saturated rings. The van der Waals surface area contributed by atoms with Crippen LogP contribution in [-0.2, 0) is 11.3 Å². The largest absolute Gasteiger partial charge is 0.389 e. The Morgan fingerprint density at radius 3 is 3.06 bits per heavy atom. The Kier molecular flexibility index (Phi) is 5.01. The van der Waals surface area contributed by atoms with E-state index in [2.05, 4.69) is 5.32 Å². The van der Waals surface area contributed by atoms with Crippen molar-refractivity contribution < 1.29 is 14.6 Å². The lowest BCUT2D eigenvalue weighted by molar-refractivity contribution is 0.0607. The number of nitrogens with zero attached hydrogens (tertiary/aromatic N) is 1. The minimum atomic E-state index is -0.668. The van der Waals surface area contributed by atoms with Crippen molar-refractivity contribution in [1.29, 1.82) is 0 Å². The summed E-state index contributed by atoms with van der Waals surface area (Å²) in [5.41, 5.74) is 0.604. The lowest BCUT2D eigenvalue weighted by atomic mass is 10.3. The molecule has 1 atom stereocenters. The van der Waals surface area contributed by atoms with Gasteiger partial charge in [0.05, 0.1) is 12.7 Å². The third-order valence-corrected chi connectivity index (χ3v) is 2.26. The number of ether oxygens (including phenoxy) is 1. The van der Waals surface area contributed by atoms with Gasteiger partial charge >= 0.3 is 0 Å². The molecule has 0 spiro atoms. The third kappa shape index (κ3) is 3.36. The molecule has 0 aromatic carbocycles. The van der Waals surface area contributed by atoms with Gasteiger partial charge < -0.3 is 19.7 Å². The van der Waals surface area contributed by atoms with Gasteiger partial charge in [0.15, 0.2) is 0 Å². The number of aliphatic hydroxyl groups excluding tert-OH is 1. The van der Waals surface area contributed by atoms with Crippen molar-refractivity contribution in [3.8, 4) is 0 Å². The van der Waals surface area contributed by atoms with Gasteiger partial charge in [0.1, 0.15) is 5.69 Å². The smallest absolute Gasteiger partial charge is 0.267 e. The first-order valence-electron chi connectivity index (χ1n) is 5.29. The van der Waals surface area contributed by atoms with Crippen molar-refractivity contribution in [3.63, 3.8) is 0 Å². The lowest BCUT2D eigenvalue weighted by Crippen LogP contribution is -2.35. The van der Waals surface area contributed by atoms with Gasteiger partial charge in [-0.3, -0.25) is 4.79 Å². The van der Waals surface area contributed by atoms with Crippen molar-refractivity contribution in [1.82, 2.24) is 9.88 Å². The van der Waals surface area contributed by atoms with Crippen LogP contribution in [0.1, 0.15) is 17.4 Å². The third-order valence-electron chi connectivity index (χ3n) is 2.26. The van der Waals surface area contributed by atoms with Crippen molar-refractivity contribution in [2.45, 2.75) is 19.6 Å². The fourth-order valence-electron chi connectivity index (χ4n) is 1.45. The predicted molar refractivity (Wildman–Crippen MR) is 60.3 cm³/mol. The van der Waals surface area contributed by atoms with E-state index < -0.39 is 6.10 Å². The maximum Gasteiger partial charge on any atom is 0.267 e. The molecule has 1 aromatic rings. The molecule has 0 radical (unpaired) electrons. The molecule has 5 heteroatoms. The molecule has 1 rings (SSSR count). The normalized spacial score (nSPS) is 12.4. The van der Waals surface area contributed by atoms with E-state index >= 15 is 0 Å². The fraction of sp³-hybridized carbons (Fsp3) is 0.545. The molecule has 0 aliphatic carbocycles. The van der Waals surface area contributed by atoms with Crippen LogP contribution in [0.2, 0.25) is 0 Å². The van der Waals surface area contributed by atoms with E-state index in [4.69, 9.17) is 4.74 Å². The topological polar surface area (TPSA) is 63.5 Å². The van der Waals surface area contributed by atoms with Gasteiger partial charge in [0.25, 0.3) is 5.91 Å². The van der Waals surface area contributed by atoms with Gasteiger partial charge in [0, 0.05) is 26.4 Å². The van der Waals surface area contributed by atoms with Crippen LogP contribution in [0.5, 0.6) is 0 Å². The van der Waals surface area contributed by atoms with Crippen molar-refractivity contribution in [2.24, 2.45) is 0 Å². The Morgan fingerprint density at radius 2 is 2.44 bits per heavy atom. The quantitative estimate of drug-likeness (QED) is 0.730. The first-order chi connectivity index (χ1) is 7.69. The van der Waals surface area contributed by atoms with Crippen LogP contribution in [0, 0.1) is 0 Å². The molecule has 1 amide bonds. The second kappa shape index (κ2) is 6.30. The van der Waals surface area contributed by atoms with E-state index in [9.17, 15) is 9.90 Å². The number of aliphatic hydroxyl groups is 1. The number of methoxy groups -OCH3 is 1. The number of aromatic nitrogens is 1. The zero-order chi connectivity index (χ0) is 12.0. The van der Waals surface area contributed by atoms with Gasteiger partial charge in [-0.05, 0) is 19.1 Å². The Balaban J connectivity index is 2.46. The number of carbonyl (C=O) groups excluding carboxylic acids is 1. The van der Waals surface area contributed by atoms with E-state index in [1.54, 1.807) is 6.07 Å². The van der Waals surface area contributed by atoms with Gasteiger partial charge in [0.2, 0.25) is 0 Å². The van der Waals surface area contributed by atoms with Crippen LogP contribution in [0.25, 0.3) is 0 Å². The summed E-state index contributed by atoms with van der Waals surface area (Å²) in [6, 6.07) is 3.57. The van der Waals surface area contributed by atoms with E-state index in [-0.39, 0.29) is 19.1 Å². The molecule has 90 valence electrons. The molecule has 0 saturated carbocycles. The Labute approximate surface area is 95.0 Å². The van der Waals surface area contributed by atoms with Crippen molar-refractivity contribution in [3.05, 3.63) is 24.0 Å². The number of carbonyl (C=O) groups is 1. The molecule has 1 unspecified atom stereocenters. The first kappa shape index (κ1) is 12.7. The average molecular weight is 226 g/mol. The SMILES string of the molecule is CCn1cccc1C(=O)NCC(O)COC. The molecular formula is C11H18N2O3. The molecule has 1 aromatic heterocycles. The molecular weight excluding hydrogens is 208 g/mol. The molecule has 1 heterocycles. The van der Waals surface area contributed by atoms with Crippen LogP contribution in [0.4, 0.5) is 0 Å². The van der Waals surface area contributed by atoms with E-state index in [1.807, 2.05) is 23.8 Å². The van der Waals surface area contributed by atoms with Crippen LogP contribution in [0.15, 0.2) is 18.3 Å². The number of hydrogen-bond donors (Lipinski definition) is 2. The average Bonchev–Trinajstić information content (AvgIpc) is 2.74. The Bertz CT molecular complexity index is 336. The van der Waals surface area contributed by atoms with E-state index in [0.29, 0.717) is 5.69 Å².